The van der Waals surface area contributed by atoms with E-state index >= 15 is 0 Å². The lowest BCUT2D eigenvalue weighted by Gasteiger charge is -2.50. The van der Waals surface area contributed by atoms with Gasteiger partial charge in [0.15, 0.2) is 31.2 Å². The highest BCUT2D eigenvalue weighted by atomic mass is 79.9. The zero-order valence-electron chi connectivity index (χ0n) is 24.2. The number of rotatable bonds is 14. The third-order valence-electron chi connectivity index (χ3n) is 8.81. The first-order chi connectivity index (χ1) is 16.2. The molecule has 1 heterocycles. The van der Waals surface area contributed by atoms with Crippen LogP contribution in [0.2, 0.25) is 54.4 Å². The van der Waals surface area contributed by atoms with Gasteiger partial charge in [-0.2, -0.15) is 0 Å². The van der Waals surface area contributed by atoms with Crippen LogP contribution in [0.5, 0.6) is 0 Å². The molecule has 0 radical (unpaired) electrons. The quantitative estimate of drug-likeness (QED) is 0.0648. The number of halogens is 1. The SMILES string of the molecule is CC[Si](CC)(CC)O[C@@H]1[C@@H](Br)[C@H](N=[N+]=[N-])O[C@H](CO[Si](C)(C)C(C)(C)C)[C@@H]1O[Si](CC)(CC)CC. The Morgan fingerprint density at radius 3 is 1.66 bits per heavy atom. The number of ether oxygens (including phenoxy) is 1. The fourth-order valence-electron chi connectivity index (χ4n) is 4.52. The van der Waals surface area contributed by atoms with Crippen LogP contribution in [0.3, 0.4) is 0 Å². The van der Waals surface area contributed by atoms with Gasteiger partial charge in [-0.05, 0) is 59.9 Å². The van der Waals surface area contributed by atoms with Crippen LogP contribution in [0.1, 0.15) is 62.3 Å². The van der Waals surface area contributed by atoms with Gasteiger partial charge in [0.1, 0.15) is 6.10 Å². The van der Waals surface area contributed by atoms with Crippen molar-refractivity contribution < 1.29 is 18.0 Å². The maximum atomic E-state index is 9.29. The van der Waals surface area contributed by atoms with Crippen molar-refractivity contribution in [3.05, 3.63) is 10.4 Å². The van der Waals surface area contributed by atoms with E-state index in [2.05, 4.69) is 101 Å². The number of hydrogen-bond donors (Lipinski definition) is 0. The summed E-state index contributed by atoms with van der Waals surface area (Å²) in [6, 6.07) is 6.26. The second kappa shape index (κ2) is 13.9. The van der Waals surface area contributed by atoms with Crippen molar-refractivity contribution in [3.8, 4) is 0 Å². The monoisotopic (exact) mass is 609 g/mol. The number of alkyl halides is 1. The van der Waals surface area contributed by atoms with Crippen LogP contribution in [0.15, 0.2) is 5.11 Å². The molecule has 0 saturated carbocycles. The van der Waals surface area contributed by atoms with Crippen molar-refractivity contribution >= 4 is 40.9 Å². The number of nitrogens with zero attached hydrogens (tertiary/aromatic N) is 3. The molecule has 11 heteroatoms. The van der Waals surface area contributed by atoms with Crippen molar-refractivity contribution in [1.29, 1.82) is 0 Å². The Bertz CT molecular complexity index is 679. The molecule has 1 fully saturated rings. The summed E-state index contributed by atoms with van der Waals surface area (Å²) in [5, 5.41) is 4.10. The third-order valence-corrected chi connectivity index (χ3v) is 23.6. The molecular weight excluding hydrogens is 558 g/mol. The lowest BCUT2D eigenvalue weighted by Crippen LogP contribution is -2.64. The topological polar surface area (TPSA) is 85.7 Å². The van der Waals surface area contributed by atoms with Gasteiger partial charge in [0.2, 0.25) is 0 Å². The summed E-state index contributed by atoms with van der Waals surface area (Å²) in [5.41, 5.74) is 9.29. The van der Waals surface area contributed by atoms with Gasteiger partial charge in [-0.3, -0.25) is 0 Å². The molecule has 0 amide bonds. The minimum atomic E-state index is -2.02. The van der Waals surface area contributed by atoms with E-state index in [-0.39, 0.29) is 28.2 Å². The lowest BCUT2D eigenvalue weighted by molar-refractivity contribution is -0.161. The van der Waals surface area contributed by atoms with Crippen LogP contribution < -0.4 is 0 Å². The molecule has 1 rings (SSSR count). The van der Waals surface area contributed by atoms with Gasteiger partial charge in [-0.1, -0.05) is 83.4 Å². The Balaban J connectivity index is 3.54. The molecule has 0 aromatic rings. The van der Waals surface area contributed by atoms with Crippen LogP contribution in [0.4, 0.5) is 0 Å². The first-order valence-corrected chi connectivity index (χ1v) is 22.5. The zero-order valence-corrected chi connectivity index (χ0v) is 28.8. The fourth-order valence-corrected chi connectivity index (χ4v) is 12.1. The van der Waals surface area contributed by atoms with E-state index < -0.39 is 31.2 Å². The molecule has 1 aliphatic rings. The molecule has 1 aliphatic heterocycles. The maximum Gasteiger partial charge on any atom is 0.192 e. The molecule has 0 aromatic heterocycles. The Kier molecular flexibility index (Phi) is 13.2. The molecule has 0 bridgehead atoms. The predicted molar refractivity (Wildman–Crippen MR) is 158 cm³/mol. The summed E-state index contributed by atoms with van der Waals surface area (Å²) in [6.07, 6.45) is -1.55. The van der Waals surface area contributed by atoms with Crippen molar-refractivity contribution in [2.24, 2.45) is 5.11 Å². The second-order valence-corrected chi connectivity index (χ2v) is 26.8. The highest BCUT2D eigenvalue weighted by Gasteiger charge is 2.52. The minimum absolute atomic E-state index is 0.0829. The molecule has 0 spiro atoms. The molecular formula is C24H52BrN3O4Si3. The molecule has 206 valence electrons. The van der Waals surface area contributed by atoms with Gasteiger partial charge in [0.05, 0.1) is 23.6 Å². The largest absolute Gasteiger partial charge is 0.414 e. The Morgan fingerprint density at radius 2 is 1.29 bits per heavy atom. The molecule has 35 heavy (non-hydrogen) atoms. The van der Waals surface area contributed by atoms with Crippen molar-refractivity contribution in [1.82, 2.24) is 0 Å². The van der Waals surface area contributed by atoms with Gasteiger partial charge in [-0.15, -0.1) is 0 Å². The van der Waals surface area contributed by atoms with Gasteiger partial charge >= 0.3 is 0 Å². The molecule has 0 unspecified atom stereocenters. The summed E-state index contributed by atoms with van der Waals surface area (Å²) in [5.74, 6) is 0. The van der Waals surface area contributed by atoms with Crippen LogP contribution in [-0.2, 0) is 18.0 Å². The Morgan fingerprint density at radius 1 is 0.857 bits per heavy atom. The molecule has 5 atom stereocenters. The number of hydrogen-bond acceptors (Lipinski definition) is 5. The van der Waals surface area contributed by atoms with Crippen LogP contribution in [-0.4, -0.2) is 60.9 Å². The smallest absolute Gasteiger partial charge is 0.192 e. The van der Waals surface area contributed by atoms with Crippen LogP contribution >= 0.6 is 15.9 Å². The van der Waals surface area contributed by atoms with E-state index in [4.69, 9.17) is 18.0 Å². The fraction of sp³-hybridized carbons (Fsp3) is 1.00. The van der Waals surface area contributed by atoms with E-state index in [1.807, 2.05) is 0 Å². The summed E-state index contributed by atoms with van der Waals surface area (Å²) < 4.78 is 27.4. The highest BCUT2D eigenvalue weighted by molar-refractivity contribution is 9.09. The molecule has 0 aromatic carbocycles. The van der Waals surface area contributed by atoms with Crippen LogP contribution in [0.25, 0.3) is 10.4 Å². The lowest BCUT2D eigenvalue weighted by atomic mass is 10.0. The maximum absolute atomic E-state index is 9.29. The predicted octanol–water partition coefficient (Wildman–Crippen LogP) is 8.59. The molecule has 0 N–H and O–H groups in total. The van der Waals surface area contributed by atoms with Gasteiger partial charge in [0.25, 0.3) is 0 Å². The van der Waals surface area contributed by atoms with E-state index in [0.717, 1.165) is 36.3 Å². The van der Waals surface area contributed by atoms with Crippen molar-refractivity contribution in [2.45, 2.75) is 146 Å². The normalized spacial score (nSPS) is 26.5. The second-order valence-electron chi connectivity index (χ2n) is 11.4. The zero-order chi connectivity index (χ0) is 27.1. The Labute approximate surface area is 226 Å². The standard InChI is InChI=1S/C24H52BrN3O4Si3/c1-12-34(13-2,14-3)31-21-19(18-29-33(10,11)24(7,8)9)30-23(27-28-26)20(25)22(21)32-35(15-4,16-5)17-6/h19-23H,12-18H2,1-11H3/t19-,20-,21+,22-,23-/m1/s1. The van der Waals surface area contributed by atoms with Gasteiger partial charge in [-0.25, -0.2) is 0 Å². The summed E-state index contributed by atoms with van der Waals surface area (Å²) in [6.45, 7) is 25.1. The minimum Gasteiger partial charge on any atom is -0.414 e. The highest BCUT2D eigenvalue weighted by Crippen LogP contribution is 2.40. The average molecular weight is 611 g/mol. The molecule has 1 saturated heterocycles. The van der Waals surface area contributed by atoms with E-state index in [1.54, 1.807) is 0 Å². The van der Waals surface area contributed by atoms with Crippen molar-refractivity contribution in [2.75, 3.05) is 6.61 Å². The van der Waals surface area contributed by atoms with Gasteiger partial charge in [0, 0.05) is 4.91 Å². The Hall–Kier alpha value is 0.281. The van der Waals surface area contributed by atoms with E-state index in [1.165, 1.54) is 0 Å². The van der Waals surface area contributed by atoms with Gasteiger partial charge < -0.3 is 18.0 Å². The molecule has 0 aliphatic carbocycles. The molecule has 7 nitrogen and oxygen atoms in total. The van der Waals surface area contributed by atoms with E-state index in [0.29, 0.717) is 6.61 Å². The number of azide groups is 1. The first-order valence-electron chi connectivity index (χ1n) is 13.6. The summed E-state index contributed by atoms with van der Waals surface area (Å²) in [7, 11) is -5.99. The van der Waals surface area contributed by atoms with Crippen LogP contribution in [0, 0.1) is 0 Å². The summed E-state index contributed by atoms with van der Waals surface area (Å²) in [4.78, 5) is 2.82. The van der Waals surface area contributed by atoms with E-state index in [9.17, 15) is 5.53 Å². The third kappa shape index (κ3) is 8.13. The first kappa shape index (κ1) is 33.3. The average Bonchev–Trinajstić information content (AvgIpc) is 2.83. The summed E-state index contributed by atoms with van der Waals surface area (Å²) >= 11 is 3.84. The van der Waals surface area contributed by atoms with Crippen molar-refractivity contribution in [3.63, 3.8) is 0 Å².